The first-order chi connectivity index (χ1) is 7.99. The summed E-state index contributed by atoms with van der Waals surface area (Å²) in [4.78, 5) is 20.5. The van der Waals surface area contributed by atoms with Crippen molar-refractivity contribution in [2.45, 2.75) is 18.9 Å². The summed E-state index contributed by atoms with van der Waals surface area (Å²) >= 11 is 0. The number of nitrogens with one attached hydrogen (secondary N) is 1. The maximum Gasteiger partial charge on any atom is 0.342 e. The number of rotatable bonds is 4. The second kappa shape index (κ2) is 4.00. The second-order valence-electron chi connectivity index (χ2n) is 3.83. The predicted octanol–water partition coefficient (Wildman–Crippen LogP) is 2.01. The molecular weight excluding hydrogens is 231 g/mol. The number of benzene rings is 1. The smallest absolute Gasteiger partial charge is 0.342 e. The summed E-state index contributed by atoms with van der Waals surface area (Å²) in [5, 5.41) is 22.2. The summed E-state index contributed by atoms with van der Waals surface area (Å²) < 4.78 is 13.5. The van der Waals surface area contributed by atoms with E-state index >= 15 is 0 Å². The first-order valence-electron chi connectivity index (χ1n) is 4.97. The molecule has 0 unspecified atom stereocenters. The van der Waals surface area contributed by atoms with Gasteiger partial charge >= 0.3 is 5.97 Å². The fraction of sp³-hybridized carbons (Fsp3) is 0.300. The van der Waals surface area contributed by atoms with Crippen molar-refractivity contribution in [3.63, 3.8) is 0 Å². The molecule has 1 aliphatic rings. The third kappa shape index (κ3) is 2.32. The van der Waals surface area contributed by atoms with Crippen LogP contribution in [0.3, 0.4) is 0 Å². The van der Waals surface area contributed by atoms with E-state index in [-0.39, 0.29) is 11.7 Å². The topological polar surface area (TPSA) is 92.5 Å². The van der Waals surface area contributed by atoms with Crippen LogP contribution in [0.2, 0.25) is 0 Å². The summed E-state index contributed by atoms with van der Waals surface area (Å²) in [6.07, 6.45) is 1.78. The predicted molar refractivity (Wildman–Crippen MR) is 56.7 cm³/mol. The molecule has 2 rings (SSSR count). The van der Waals surface area contributed by atoms with Gasteiger partial charge in [-0.25, -0.2) is 9.18 Å². The monoisotopic (exact) mass is 240 g/mol. The van der Waals surface area contributed by atoms with E-state index in [4.69, 9.17) is 5.11 Å². The van der Waals surface area contributed by atoms with Crippen LogP contribution in [0.25, 0.3) is 0 Å². The number of carboxylic acids is 1. The van der Waals surface area contributed by atoms with Gasteiger partial charge in [0, 0.05) is 6.04 Å². The molecule has 0 spiro atoms. The molecule has 2 N–H and O–H groups in total. The molecule has 7 heteroatoms. The van der Waals surface area contributed by atoms with Crippen LogP contribution < -0.4 is 5.32 Å². The van der Waals surface area contributed by atoms with E-state index in [1.165, 1.54) is 0 Å². The lowest BCUT2D eigenvalue weighted by atomic mass is 10.1. The number of aromatic carboxylic acids is 1. The molecule has 1 aromatic rings. The molecule has 0 heterocycles. The van der Waals surface area contributed by atoms with Gasteiger partial charge in [-0.1, -0.05) is 0 Å². The highest BCUT2D eigenvalue weighted by molar-refractivity contribution is 5.93. The summed E-state index contributed by atoms with van der Waals surface area (Å²) in [5.41, 5.74) is -1.26. The van der Waals surface area contributed by atoms with Gasteiger partial charge in [-0.3, -0.25) is 10.1 Å². The molecule has 1 fully saturated rings. The number of hydrogen-bond donors (Lipinski definition) is 2. The summed E-state index contributed by atoms with van der Waals surface area (Å²) in [5.74, 6) is -2.26. The van der Waals surface area contributed by atoms with Gasteiger partial charge in [0.15, 0.2) is 5.82 Å². The SMILES string of the molecule is O=C(O)c1cc(NC2CC2)c(F)cc1[N+](=O)[O-]. The third-order valence-corrected chi connectivity index (χ3v) is 2.45. The Hall–Kier alpha value is -2.18. The van der Waals surface area contributed by atoms with E-state index in [2.05, 4.69) is 5.32 Å². The minimum absolute atomic E-state index is 0.00417. The number of anilines is 1. The molecule has 0 bridgehead atoms. The Kier molecular flexibility index (Phi) is 2.66. The first kappa shape index (κ1) is 11.3. The molecule has 0 amide bonds. The normalized spacial score (nSPS) is 14.4. The molecule has 1 saturated carbocycles. The van der Waals surface area contributed by atoms with Gasteiger partial charge in [-0.05, 0) is 18.9 Å². The van der Waals surface area contributed by atoms with Crippen molar-refractivity contribution in [1.82, 2.24) is 0 Å². The lowest BCUT2D eigenvalue weighted by Crippen LogP contribution is -2.08. The molecule has 1 aliphatic carbocycles. The minimum atomic E-state index is -1.45. The molecule has 17 heavy (non-hydrogen) atoms. The number of hydrogen-bond acceptors (Lipinski definition) is 4. The standard InChI is InChI=1S/C10H9FN2O4/c11-7-4-9(13(16)17)6(10(14)15)3-8(7)12-5-1-2-5/h3-5,12H,1-2H2,(H,14,15). The van der Waals surface area contributed by atoms with Crippen LogP contribution in [0.5, 0.6) is 0 Å². The van der Waals surface area contributed by atoms with Gasteiger partial charge in [0.1, 0.15) is 5.56 Å². The van der Waals surface area contributed by atoms with Crippen molar-refractivity contribution in [3.05, 3.63) is 33.6 Å². The highest BCUT2D eigenvalue weighted by Gasteiger charge is 2.26. The van der Waals surface area contributed by atoms with Crippen molar-refractivity contribution in [3.8, 4) is 0 Å². The molecule has 0 aliphatic heterocycles. The Labute approximate surface area is 95.2 Å². The first-order valence-corrected chi connectivity index (χ1v) is 4.97. The number of nitrogens with zero attached hydrogens (tertiary/aromatic N) is 1. The van der Waals surface area contributed by atoms with Crippen LogP contribution in [0.15, 0.2) is 12.1 Å². The van der Waals surface area contributed by atoms with Crippen molar-refractivity contribution in [1.29, 1.82) is 0 Å². The van der Waals surface area contributed by atoms with Gasteiger partial charge in [-0.15, -0.1) is 0 Å². The molecule has 0 saturated heterocycles. The van der Waals surface area contributed by atoms with E-state index in [9.17, 15) is 19.3 Å². The molecule has 90 valence electrons. The van der Waals surface area contributed by atoms with E-state index in [0.29, 0.717) is 6.07 Å². The van der Waals surface area contributed by atoms with E-state index in [1.54, 1.807) is 0 Å². The van der Waals surface area contributed by atoms with Gasteiger partial charge in [0.25, 0.3) is 5.69 Å². The summed E-state index contributed by atoms with van der Waals surface area (Å²) in [6.45, 7) is 0. The van der Waals surface area contributed by atoms with E-state index in [0.717, 1.165) is 18.9 Å². The van der Waals surface area contributed by atoms with Crippen LogP contribution in [0, 0.1) is 15.9 Å². The van der Waals surface area contributed by atoms with E-state index in [1.807, 2.05) is 0 Å². The molecule has 1 aromatic carbocycles. The molecule has 0 radical (unpaired) electrons. The Bertz CT molecular complexity index is 499. The lowest BCUT2D eigenvalue weighted by Gasteiger charge is -2.07. The minimum Gasteiger partial charge on any atom is -0.477 e. The van der Waals surface area contributed by atoms with Gasteiger partial charge in [0.05, 0.1) is 16.7 Å². The van der Waals surface area contributed by atoms with Crippen LogP contribution in [-0.2, 0) is 0 Å². The van der Waals surface area contributed by atoms with Crippen molar-refractivity contribution in [2.24, 2.45) is 0 Å². The largest absolute Gasteiger partial charge is 0.477 e. The van der Waals surface area contributed by atoms with Crippen molar-refractivity contribution < 1.29 is 19.2 Å². The molecule has 0 aromatic heterocycles. The molecule has 6 nitrogen and oxygen atoms in total. The lowest BCUT2D eigenvalue weighted by molar-refractivity contribution is -0.385. The van der Waals surface area contributed by atoms with Crippen LogP contribution in [0.1, 0.15) is 23.2 Å². The van der Waals surface area contributed by atoms with Crippen LogP contribution >= 0.6 is 0 Å². The third-order valence-electron chi connectivity index (χ3n) is 2.45. The Morgan fingerprint density at radius 1 is 1.53 bits per heavy atom. The number of nitro groups is 1. The van der Waals surface area contributed by atoms with Crippen LogP contribution in [0.4, 0.5) is 15.8 Å². The molecular formula is C10H9FN2O4. The number of halogens is 1. The molecule has 0 atom stereocenters. The Balaban J connectivity index is 2.45. The zero-order valence-corrected chi connectivity index (χ0v) is 8.64. The zero-order valence-electron chi connectivity index (χ0n) is 8.64. The summed E-state index contributed by atoms with van der Waals surface area (Å²) in [7, 11) is 0. The number of carbonyl (C=O) groups is 1. The fourth-order valence-electron chi connectivity index (χ4n) is 1.44. The zero-order chi connectivity index (χ0) is 12.6. The summed E-state index contributed by atoms with van der Waals surface area (Å²) in [6, 6.07) is 1.73. The number of carboxylic acid groups (broad SMARTS) is 1. The average molecular weight is 240 g/mol. The fourth-order valence-corrected chi connectivity index (χ4v) is 1.44. The highest BCUT2D eigenvalue weighted by atomic mass is 19.1. The highest BCUT2D eigenvalue weighted by Crippen LogP contribution is 2.30. The van der Waals surface area contributed by atoms with E-state index < -0.39 is 28.0 Å². The van der Waals surface area contributed by atoms with Gasteiger partial charge in [-0.2, -0.15) is 0 Å². The van der Waals surface area contributed by atoms with Crippen LogP contribution in [-0.4, -0.2) is 22.0 Å². The van der Waals surface area contributed by atoms with Gasteiger partial charge in [0.2, 0.25) is 0 Å². The van der Waals surface area contributed by atoms with Crippen molar-refractivity contribution in [2.75, 3.05) is 5.32 Å². The maximum absolute atomic E-state index is 13.5. The Morgan fingerprint density at radius 2 is 2.18 bits per heavy atom. The van der Waals surface area contributed by atoms with Crippen molar-refractivity contribution >= 4 is 17.3 Å². The quantitative estimate of drug-likeness (QED) is 0.620. The van der Waals surface area contributed by atoms with Gasteiger partial charge < -0.3 is 10.4 Å². The Morgan fingerprint density at radius 3 is 2.65 bits per heavy atom. The second-order valence-corrected chi connectivity index (χ2v) is 3.83. The maximum atomic E-state index is 13.5. The average Bonchev–Trinajstić information content (AvgIpc) is 3.03. The number of nitro benzene ring substituents is 1.